The number of rotatable bonds is 6. The van der Waals surface area contributed by atoms with Gasteiger partial charge in [0, 0.05) is 43.8 Å². The Hall–Kier alpha value is -1.92. The Bertz CT molecular complexity index is 801. The Morgan fingerprint density at radius 1 is 1.17 bits per heavy atom. The summed E-state index contributed by atoms with van der Waals surface area (Å²) in [5.41, 5.74) is 7.56. The van der Waals surface area contributed by atoms with Gasteiger partial charge in [-0.05, 0) is 55.2 Å². The molecule has 156 valence electrons. The summed E-state index contributed by atoms with van der Waals surface area (Å²) in [6, 6.07) is 8.04. The first kappa shape index (κ1) is 19.1. The predicted octanol–water partition coefficient (Wildman–Crippen LogP) is 2.94. The van der Waals surface area contributed by atoms with E-state index in [1.54, 1.807) is 0 Å². The molecule has 3 aliphatic carbocycles. The van der Waals surface area contributed by atoms with Gasteiger partial charge in [-0.15, -0.1) is 0 Å². The van der Waals surface area contributed by atoms with Crippen LogP contribution < -0.4 is 10.5 Å². The van der Waals surface area contributed by atoms with Crippen molar-refractivity contribution in [3.8, 4) is 5.75 Å². The van der Waals surface area contributed by atoms with Crippen molar-refractivity contribution in [3.05, 3.63) is 41.7 Å². The van der Waals surface area contributed by atoms with Crippen LogP contribution in [0.3, 0.4) is 0 Å². The molecule has 2 saturated heterocycles. The van der Waals surface area contributed by atoms with Gasteiger partial charge in [0.05, 0.1) is 11.7 Å². The molecule has 1 aromatic carbocycles. The zero-order valence-corrected chi connectivity index (χ0v) is 16.8. The van der Waals surface area contributed by atoms with Crippen LogP contribution in [0.5, 0.6) is 5.75 Å². The zero-order chi connectivity index (χ0) is 20.1. The minimum atomic E-state index is -0.107. The molecule has 2 N–H and O–H groups in total. The maximum Gasteiger partial charge on any atom is 0.228 e. The monoisotopic (exact) mass is 400 g/mol. The first-order chi connectivity index (χ1) is 14.0. The van der Waals surface area contributed by atoms with Crippen LogP contribution in [-0.2, 0) is 14.9 Å². The van der Waals surface area contributed by atoms with E-state index in [2.05, 4.69) is 17.0 Å². The van der Waals surface area contributed by atoms with Crippen molar-refractivity contribution in [2.75, 3.05) is 39.5 Å². The van der Waals surface area contributed by atoms with Crippen molar-refractivity contribution >= 4 is 5.91 Å². The number of benzene rings is 1. The number of nitrogens with two attached hydrogens (primary N) is 1. The van der Waals surface area contributed by atoms with E-state index in [0.29, 0.717) is 29.0 Å². The van der Waals surface area contributed by atoms with Crippen LogP contribution in [0.1, 0.15) is 37.7 Å². The summed E-state index contributed by atoms with van der Waals surface area (Å²) in [7, 11) is 0. The molecule has 5 nitrogen and oxygen atoms in total. The Morgan fingerprint density at radius 3 is 2.41 bits per heavy atom. The number of nitrogens with zero attached hydrogens (tertiary/aromatic N) is 1. The lowest BCUT2D eigenvalue weighted by Crippen LogP contribution is -2.73. The molecule has 0 atom stereocenters. The molecule has 1 spiro atoms. The van der Waals surface area contributed by atoms with Crippen LogP contribution in [0.15, 0.2) is 36.2 Å². The Balaban J connectivity index is 1.14. The van der Waals surface area contributed by atoms with Crippen molar-refractivity contribution in [1.29, 1.82) is 0 Å². The predicted molar refractivity (Wildman–Crippen MR) is 107 cm³/mol. The molecular weight excluding hydrogens is 371 g/mol. The molecule has 2 heterocycles. The average Bonchev–Trinajstić information content (AvgIpc) is 2.66. The maximum absolute atomic E-state index is 13.1. The quantitative estimate of drug-likeness (QED) is 0.797. The second-order valence-electron chi connectivity index (χ2n) is 9.65. The third kappa shape index (κ3) is 2.99. The summed E-state index contributed by atoms with van der Waals surface area (Å²) in [5.74, 6) is 1.09. The molecule has 2 bridgehead atoms. The van der Waals surface area contributed by atoms with Crippen LogP contribution >= 0.6 is 0 Å². The van der Waals surface area contributed by atoms with Crippen LogP contribution in [0.2, 0.25) is 0 Å². The number of carbonyl (C=O) groups is 1. The number of hydrogen-bond donors (Lipinski definition) is 1. The first-order valence-electron chi connectivity index (χ1n) is 10.6. The minimum Gasteiger partial charge on any atom is -0.489 e. The maximum atomic E-state index is 13.1. The van der Waals surface area contributed by atoms with E-state index < -0.39 is 0 Å². The lowest BCUT2D eigenvalue weighted by molar-refractivity contribution is -0.201. The Morgan fingerprint density at radius 2 is 1.83 bits per heavy atom. The number of amides is 1. The molecule has 1 amide bonds. The van der Waals surface area contributed by atoms with Crippen LogP contribution in [0, 0.1) is 10.8 Å². The van der Waals surface area contributed by atoms with E-state index in [9.17, 15) is 9.18 Å². The molecule has 0 unspecified atom stereocenters. The van der Waals surface area contributed by atoms with Crippen LogP contribution in [0.4, 0.5) is 4.39 Å². The van der Waals surface area contributed by atoms with Crippen molar-refractivity contribution in [2.45, 2.75) is 37.5 Å². The molecular formula is C23H29FN2O3. The number of likely N-dealkylation sites (tertiary alicyclic amines) is 1. The third-order valence-electron chi connectivity index (χ3n) is 7.68. The molecule has 0 aromatic heterocycles. The molecule has 6 heteroatoms. The first-order valence-corrected chi connectivity index (χ1v) is 10.6. The van der Waals surface area contributed by atoms with Gasteiger partial charge >= 0.3 is 0 Å². The lowest BCUT2D eigenvalue weighted by atomic mass is 9.33. The molecule has 5 fully saturated rings. The summed E-state index contributed by atoms with van der Waals surface area (Å²) in [4.78, 5) is 15.2. The molecule has 6 rings (SSSR count). The molecule has 1 aromatic rings. The van der Waals surface area contributed by atoms with Gasteiger partial charge in [0.25, 0.3) is 0 Å². The molecule has 2 aliphatic heterocycles. The second-order valence-corrected chi connectivity index (χ2v) is 9.65. The number of ether oxygens (including phenoxy) is 2. The Labute approximate surface area is 171 Å². The third-order valence-corrected chi connectivity index (χ3v) is 7.68. The SMILES string of the molecule is NCC(=CF)COc1ccc(C23CC(C(=O)N4CC5(CCOCC5)C4)(C2)C3)cc1. The average molecular weight is 400 g/mol. The fraction of sp³-hybridized carbons (Fsp3) is 0.609. The van der Waals surface area contributed by atoms with Crippen molar-refractivity contribution < 1.29 is 18.7 Å². The van der Waals surface area contributed by atoms with Crippen LogP contribution in [0.25, 0.3) is 0 Å². The fourth-order valence-corrected chi connectivity index (χ4v) is 5.90. The standard InChI is InChI=1S/C23H29FN2O3/c24-9-17(10-25)11-29-19-3-1-18(2-4-19)22-12-23(13-22,14-22)20(27)26-15-21(16-26)5-7-28-8-6-21/h1-4,9H,5-8,10-16,25H2. The van der Waals surface area contributed by atoms with Crippen molar-refractivity contribution in [1.82, 2.24) is 4.90 Å². The molecule has 29 heavy (non-hydrogen) atoms. The van der Waals surface area contributed by atoms with E-state index in [1.165, 1.54) is 5.56 Å². The summed E-state index contributed by atoms with van der Waals surface area (Å²) in [5, 5.41) is 0. The van der Waals surface area contributed by atoms with E-state index in [0.717, 1.165) is 58.4 Å². The highest BCUT2D eigenvalue weighted by Crippen LogP contribution is 2.74. The summed E-state index contributed by atoms with van der Waals surface area (Å²) in [6.45, 7) is 3.85. The minimum absolute atomic E-state index is 0.107. The second kappa shape index (κ2) is 6.81. The fourth-order valence-electron chi connectivity index (χ4n) is 5.90. The van der Waals surface area contributed by atoms with Gasteiger partial charge in [0.2, 0.25) is 5.91 Å². The summed E-state index contributed by atoms with van der Waals surface area (Å²) >= 11 is 0. The van der Waals surface area contributed by atoms with E-state index in [1.807, 2.05) is 12.1 Å². The van der Waals surface area contributed by atoms with E-state index in [-0.39, 0.29) is 24.0 Å². The number of hydrogen-bond acceptors (Lipinski definition) is 4. The van der Waals surface area contributed by atoms with Gasteiger partial charge < -0.3 is 20.1 Å². The summed E-state index contributed by atoms with van der Waals surface area (Å²) < 4.78 is 23.6. The van der Waals surface area contributed by atoms with Gasteiger partial charge in [-0.3, -0.25) is 4.79 Å². The molecule has 5 aliphatic rings. The normalized spacial score (nSPS) is 32.2. The van der Waals surface area contributed by atoms with Gasteiger partial charge in [0.15, 0.2) is 0 Å². The zero-order valence-electron chi connectivity index (χ0n) is 16.8. The van der Waals surface area contributed by atoms with Gasteiger partial charge in [-0.1, -0.05) is 12.1 Å². The van der Waals surface area contributed by atoms with Crippen LogP contribution in [-0.4, -0.2) is 50.3 Å². The van der Waals surface area contributed by atoms with E-state index >= 15 is 0 Å². The highest BCUT2D eigenvalue weighted by Gasteiger charge is 2.73. The number of carbonyl (C=O) groups excluding carboxylic acids is 1. The van der Waals surface area contributed by atoms with Gasteiger partial charge in [0.1, 0.15) is 12.4 Å². The number of halogens is 1. The Kier molecular flexibility index (Phi) is 4.48. The molecule has 3 saturated carbocycles. The topological polar surface area (TPSA) is 64.8 Å². The van der Waals surface area contributed by atoms with E-state index in [4.69, 9.17) is 15.2 Å². The van der Waals surface area contributed by atoms with Crippen molar-refractivity contribution in [3.63, 3.8) is 0 Å². The summed E-state index contributed by atoms with van der Waals surface area (Å²) in [6.07, 6.45) is 5.59. The van der Waals surface area contributed by atoms with Crippen molar-refractivity contribution in [2.24, 2.45) is 16.6 Å². The van der Waals surface area contributed by atoms with Gasteiger partial charge in [-0.2, -0.15) is 0 Å². The molecule has 0 radical (unpaired) electrons. The lowest BCUT2D eigenvalue weighted by Gasteiger charge is -2.71. The highest BCUT2D eigenvalue weighted by molar-refractivity contribution is 5.88. The largest absolute Gasteiger partial charge is 0.489 e. The highest BCUT2D eigenvalue weighted by atomic mass is 19.1. The smallest absolute Gasteiger partial charge is 0.228 e. The van der Waals surface area contributed by atoms with Gasteiger partial charge in [-0.25, -0.2) is 4.39 Å².